The first-order valence-corrected chi connectivity index (χ1v) is 4.54. The summed E-state index contributed by atoms with van der Waals surface area (Å²) in [5, 5.41) is 17.7. The summed E-state index contributed by atoms with van der Waals surface area (Å²) in [4.78, 5) is 22.4. The normalized spacial score (nSPS) is 25.1. The van der Waals surface area contributed by atoms with Gasteiger partial charge in [0, 0.05) is 6.54 Å². The van der Waals surface area contributed by atoms with Gasteiger partial charge in [-0.1, -0.05) is 0 Å². The highest BCUT2D eigenvalue weighted by molar-refractivity contribution is 5.84. The number of aliphatic carboxylic acids is 1. The van der Waals surface area contributed by atoms with Crippen LogP contribution in [0.5, 0.6) is 0 Å². The molecule has 1 atom stereocenters. The molecular weight excluding hydrogens is 228 g/mol. The summed E-state index contributed by atoms with van der Waals surface area (Å²) in [5.74, 6) is -1.46. The van der Waals surface area contributed by atoms with Crippen molar-refractivity contribution >= 4 is 12.1 Å². The molecule has 1 aliphatic heterocycles. The number of hydrogen-bond donors (Lipinski definition) is 2. The molecule has 0 aromatic rings. The Morgan fingerprint density at radius 3 is 2.50 bits per heavy atom. The van der Waals surface area contributed by atoms with Gasteiger partial charge in [0.25, 0.3) is 0 Å². The van der Waals surface area contributed by atoms with Gasteiger partial charge in [0.2, 0.25) is 0 Å². The number of amides is 1. The second kappa shape index (κ2) is 4.60. The van der Waals surface area contributed by atoms with E-state index < -0.39 is 30.8 Å². The Morgan fingerprint density at radius 2 is 2.06 bits per heavy atom. The summed E-state index contributed by atoms with van der Waals surface area (Å²) in [6, 6.07) is 0. The fraction of sp³-hybridized carbons (Fsp3) is 0.750. The number of carbonyl (C=O) groups is 2. The van der Waals surface area contributed by atoms with Gasteiger partial charge in [-0.2, -0.15) is 8.78 Å². The molecule has 1 rings (SSSR count). The lowest BCUT2D eigenvalue weighted by Gasteiger charge is -2.32. The molecule has 0 aromatic carbocycles. The van der Waals surface area contributed by atoms with Crippen molar-refractivity contribution in [1.29, 1.82) is 0 Å². The third-order valence-corrected chi connectivity index (χ3v) is 2.57. The van der Waals surface area contributed by atoms with Crippen LogP contribution >= 0.6 is 0 Å². The Hall–Kier alpha value is -1.44. The van der Waals surface area contributed by atoms with Crippen LogP contribution in [0.15, 0.2) is 0 Å². The summed E-state index contributed by atoms with van der Waals surface area (Å²) in [6.07, 6.45) is -1.16. The number of likely N-dealkylation sites (tertiary alicyclic amines) is 1. The van der Waals surface area contributed by atoms with Gasteiger partial charge in [0.15, 0.2) is 5.54 Å². The van der Waals surface area contributed by atoms with Gasteiger partial charge in [0.1, 0.15) is 0 Å². The maximum absolute atomic E-state index is 11.9. The highest BCUT2D eigenvalue weighted by Gasteiger charge is 2.51. The molecular formula is C8H11F2NO5. The first-order chi connectivity index (χ1) is 7.40. The number of ether oxygens (including phenoxy) is 1. The Bertz CT molecular complexity index is 298. The van der Waals surface area contributed by atoms with Crippen molar-refractivity contribution in [3.63, 3.8) is 0 Å². The molecule has 1 saturated heterocycles. The molecule has 1 heterocycles. The third kappa shape index (κ3) is 2.21. The van der Waals surface area contributed by atoms with Crippen molar-refractivity contribution in [3.05, 3.63) is 0 Å². The number of nitrogens with zero attached hydrogens (tertiary/aromatic N) is 1. The molecule has 0 radical (unpaired) electrons. The van der Waals surface area contributed by atoms with Crippen molar-refractivity contribution in [2.75, 3.05) is 13.2 Å². The van der Waals surface area contributed by atoms with Crippen LogP contribution in [0.25, 0.3) is 0 Å². The molecule has 0 spiro atoms. The Morgan fingerprint density at radius 1 is 1.44 bits per heavy atom. The Labute approximate surface area is 89.4 Å². The lowest BCUT2D eigenvalue weighted by atomic mass is 9.98. The zero-order chi connectivity index (χ0) is 12.3. The zero-order valence-corrected chi connectivity index (χ0v) is 8.23. The Kier molecular flexibility index (Phi) is 3.63. The first kappa shape index (κ1) is 12.6. The second-order valence-corrected chi connectivity index (χ2v) is 3.45. The first-order valence-electron chi connectivity index (χ1n) is 4.54. The molecule has 8 heteroatoms. The number of halogens is 2. The quantitative estimate of drug-likeness (QED) is 0.758. The lowest BCUT2D eigenvalue weighted by Crippen LogP contribution is -2.56. The minimum atomic E-state index is -3.12. The van der Waals surface area contributed by atoms with Crippen LogP contribution in [0.3, 0.4) is 0 Å². The summed E-state index contributed by atoms with van der Waals surface area (Å²) in [7, 11) is 0. The summed E-state index contributed by atoms with van der Waals surface area (Å²) in [5.41, 5.74) is -1.89. The molecule has 1 unspecified atom stereocenters. The maximum Gasteiger partial charge on any atom is 0.408 e. The molecule has 92 valence electrons. The van der Waals surface area contributed by atoms with Gasteiger partial charge in [-0.25, -0.2) is 9.59 Å². The smallest absolute Gasteiger partial charge is 0.408 e. The molecule has 0 bridgehead atoms. The van der Waals surface area contributed by atoms with E-state index in [0.29, 0.717) is 11.3 Å². The van der Waals surface area contributed by atoms with Gasteiger partial charge in [-0.3, -0.25) is 4.90 Å². The van der Waals surface area contributed by atoms with Crippen LogP contribution < -0.4 is 0 Å². The summed E-state index contributed by atoms with van der Waals surface area (Å²) in [6.45, 7) is -3.95. The summed E-state index contributed by atoms with van der Waals surface area (Å²) >= 11 is 0. The van der Waals surface area contributed by atoms with Gasteiger partial charge >= 0.3 is 18.7 Å². The largest absolute Gasteiger partial charge is 0.479 e. The number of alkyl halides is 2. The van der Waals surface area contributed by atoms with E-state index in [-0.39, 0.29) is 13.0 Å². The maximum atomic E-state index is 11.9. The lowest BCUT2D eigenvalue weighted by molar-refractivity contribution is -0.172. The van der Waals surface area contributed by atoms with Crippen LogP contribution in [-0.4, -0.2) is 52.5 Å². The monoisotopic (exact) mass is 239 g/mol. The van der Waals surface area contributed by atoms with E-state index in [1.54, 1.807) is 0 Å². The van der Waals surface area contributed by atoms with E-state index in [1.165, 1.54) is 0 Å². The standard InChI is InChI=1S/C8H11F2NO5/c9-6(10)16-4-8(5(12)13)2-1-3-11(8)7(14)15/h6H,1-4H2,(H,12,13)(H,14,15). The van der Waals surface area contributed by atoms with E-state index in [2.05, 4.69) is 4.74 Å². The van der Waals surface area contributed by atoms with Crippen molar-refractivity contribution in [1.82, 2.24) is 4.90 Å². The minimum absolute atomic E-state index is 0.00817. The van der Waals surface area contributed by atoms with Crippen molar-refractivity contribution in [2.45, 2.75) is 25.0 Å². The highest BCUT2D eigenvalue weighted by Crippen LogP contribution is 2.30. The average Bonchev–Trinajstić information content (AvgIpc) is 2.59. The van der Waals surface area contributed by atoms with Crippen molar-refractivity contribution in [2.24, 2.45) is 0 Å². The molecule has 1 fully saturated rings. The fourth-order valence-electron chi connectivity index (χ4n) is 1.79. The predicted molar refractivity (Wildman–Crippen MR) is 46.3 cm³/mol. The zero-order valence-electron chi connectivity index (χ0n) is 8.23. The molecule has 16 heavy (non-hydrogen) atoms. The average molecular weight is 239 g/mol. The van der Waals surface area contributed by atoms with Crippen molar-refractivity contribution < 1.29 is 33.3 Å². The van der Waals surface area contributed by atoms with Crippen LogP contribution in [-0.2, 0) is 9.53 Å². The predicted octanol–water partition coefficient (Wildman–Crippen LogP) is 0.823. The molecule has 1 amide bonds. The molecule has 0 saturated carbocycles. The van der Waals surface area contributed by atoms with Gasteiger partial charge in [0.05, 0.1) is 6.61 Å². The van der Waals surface area contributed by atoms with Gasteiger partial charge < -0.3 is 14.9 Å². The number of hydrogen-bond acceptors (Lipinski definition) is 3. The minimum Gasteiger partial charge on any atom is -0.479 e. The second-order valence-electron chi connectivity index (χ2n) is 3.45. The Balaban J connectivity index is 2.86. The topological polar surface area (TPSA) is 87.1 Å². The van der Waals surface area contributed by atoms with Crippen LogP contribution in [0.1, 0.15) is 12.8 Å². The fourth-order valence-corrected chi connectivity index (χ4v) is 1.79. The van der Waals surface area contributed by atoms with Gasteiger partial charge in [-0.05, 0) is 12.8 Å². The number of carboxylic acid groups (broad SMARTS) is 2. The van der Waals surface area contributed by atoms with E-state index in [4.69, 9.17) is 10.2 Å². The number of carboxylic acids is 1. The van der Waals surface area contributed by atoms with E-state index in [1.807, 2.05) is 0 Å². The molecule has 1 aliphatic rings. The van der Waals surface area contributed by atoms with E-state index >= 15 is 0 Å². The van der Waals surface area contributed by atoms with Gasteiger partial charge in [-0.15, -0.1) is 0 Å². The molecule has 2 N–H and O–H groups in total. The highest BCUT2D eigenvalue weighted by atomic mass is 19.3. The molecule has 0 aromatic heterocycles. The van der Waals surface area contributed by atoms with E-state index in [0.717, 1.165) is 0 Å². The van der Waals surface area contributed by atoms with Crippen LogP contribution in [0.4, 0.5) is 13.6 Å². The SMILES string of the molecule is O=C(O)N1CCCC1(COC(F)F)C(=O)O. The van der Waals surface area contributed by atoms with Crippen LogP contribution in [0, 0.1) is 0 Å². The van der Waals surface area contributed by atoms with Crippen molar-refractivity contribution in [3.8, 4) is 0 Å². The van der Waals surface area contributed by atoms with E-state index in [9.17, 15) is 18.4 Å². The molecule has 0 aliphatic carbocycles. The molecule has 6 nitrogen and oxygen atoms in total. The number of rotatable bonds is 4. The summed E-state index contributed by atoms with van der Waals surface area (Å²) < 4.78 is 27.7. The van der Waals surface area contributed by atoms with Crippen LogP contribution in [0.2, 0.25) is 0 Å². The third-order valence-electron chi connectivity index (χ3n) is 2.57.